The molecular weight excluding hydrogens is 316 g/mol. The number of rotatable bonds is 5. The van der Waals surface area contributed by atoms with Crippen molar-refractivity contribution in [2.24, 2.45) is 0 Å². The fourth-order valence-electron chi connectivity index (χ4n) is 2.14. The Labute approximate surface area is 139 Å². The molecule has 1 atom stereocenters. The molecule has 120 valence electrons. The van der Waals surface area contributed by atoms with Crippen LogP contribution < -0.4 is 10.6 Å². The van der Waals surface area contributed by atoms with E-state index < -0.39 is 11.9 Å². The van der Waals surface area contributed by atoms with E-state index in [-0.39, 0.29) is 23.1 Å². The van der Waals surface area contributed by atoms with Crippen LogP contribution in [0.5, 0.6) is 0 Å². The summed E-state index contributed by atoms with van der Waals surface area (Å²) in [5, 5.41) is 15.1. The molecule has 0 aliphatic heterocycles. The van der Waals surface area contributed by atoms with Gasteiger partial charge in [0.1, 0.15) is 0 Å². The molecule has 0 bridgehead atoms. The molecule has 0 spiro atoms. The monoisotopic (exact) mass is 332 g/mol. The Kier molecular flexibility index (Phi) is 5.73. The number of hydrogen-bond acceptors (Lipinski definition) is 3. The number of benzene rings is 2. The lowest BCUT2D eigenvalue weighted by molar-refractivity contribution is -0.114. The van der Waals surface area contributed by atoms with Crippen molar-refractivity contribution in [3.63, 3.8) is 0 Å². The van der Waals surface area contributed by atoms with Crippen LogP contribution in [0.2, 0.25) is 5.02 Å². The molecule has 0 fully saturated rings. The number of halogens is 1. The summed E-state index contributed by atoms with van der Waals surface area (Å²) < 4.78 is 0. The normalized spacial score (nSPS) is 11.6. The second-order valence-corrected chi connectivity index (χ2v) is 5.40. The zero-order chi connectivity index (χ0) is 16.8. The molecule has 0 radical (unpaired) electrons. The van der Waals surface area contributed by atoms with Crippen LogP contribution in [-0.4, -0.2) is 23.5 Å². The van der Waals surface area contributed by atoms with Crippen molar-refractivity contribution in [1.82, 2.24) is 5.32 Å². The molecule has 0 saturated heterocycles. The molecule has 5 nitrogen and oxygen atoms in total. The van der Waals surface area contributed by atoms with Crippen LogP contribution in [0.25, 0.3) is 0 Å². The van der Waals surface area contributed by atoms with Crippen LogP contribution in [0.4, 0.5) is 5.69 Å². The standard InChI is InChI=1S/C17H17ClN2O3/c1-11(22)19-13-7-8-15(18)14(9-13)17(23)20-16(10-21)12-5-3-2-4-6-12/h2-9,16,21H,10H2,1H3,(H,19,22)(H,20,23). The van der Waals surface area contributed by atoms with Crippen molar-refractivity contribution >= 4 is 29.1 Å². The highest BCUT2D eigenvalue weighted by Gasteiger charge is 2.17. The van der Waals surface area contributed by atoms with Gasteiger partial charge in [0.25, 0.3) is 5.91 Å². The summed E-state index contributed by atoms with van der Waals surface area (Å²) in [6, 6.07) is 13.3. The van der Waals surface area contributed by atoms with Crippen molar-refractivity contribution in [2.45, 2.75) is 13.0 Å². The second-order valence-electron chi connectivity index (χ2n) is 5.00. The Morgan fingerprint density at radius 3 is 2.48 bits per heavy atom. The first-order valence-electron chi connectivity index (χ1n) is 7.05. The molecule has 1 unspecified atom stereocenters. The number of anilines is 1. The fourth-order valence-corrected chi connectivity index (χ4v) is 2.34. The highest BCUT2D eigenvalue weighted by Crippen LogP contribution is 2.22. The fraction of sp³-hybridized carbons (Fsp3) is 0.176. The van der Waals surface area contributed by atoms with Gasteiger partial charge in [0.05, 0.1) is 23.2 Å². The number of hydrogen-bond donors (Lipinski definition) is 3. The number of aliphatic hydroxyl groups is 1. The summed E-state index contributed by atoms with van der Waals surface area (Å²) >= 11 is 6.06. The number of nitrogens with one attached hydrogen (secondary N) is 2. The van der Waals surface area contributed by atoms with Crippen LogP contribution in [0, 0.1) is 0 Å². The van der Waals surface area contributed by atoms with Gasteiger partial charge in [0, 0.05) is 12.6 Å². The number of carbonyl (C=O) groups excluding carboxylic acids is 2. The molecule has 0 saturated carbocycles. The van der Waals surface area contributed by atoms with E-state index in [9.17, 15) is 14.7 Å². The molecule has 2 rings (SSSR count). The van der Waals surface area contributed by atoms with E-state index in [2.05, 4.69) is 10.6 Å². The Balaban J connectivity index is 2.21. The lowest BCUT2D eigenvalue weighted by Gasteiger charge is -2.17. The third-order valence-electron chi connectivity index (χ3n) is 3.22. The summed E-state index contributed by atoms with van der Waals surface area (Å²) in [6.45, 7) is 1.14. The van der Waals surface area contributed by atoms with Crippen molar-refractivity contribution in [2.75, 3.05) is 11.9 Å². The van der Waals surface area contributed by atoms with E-state index in [0.717, 1.165) is 5.56 Å². The predicted molar refractivity (Wildman–Crippen MR) is 89.5 cm³/mol. The van der Waals surface area contributed by atoms with E-state index in [0.29, 0.717) is 5.69 Å². The molecule has 0 aromatic heterocycles. The highest BCUT2D eigenvalue weighted by molar-refractivity contribution is 6.34. The quantitative estimate of drug-likeness (QED) is 0.787. The van der Waals surface area contributed by atoms with Crippen LogP contribution in [-0.2, 0) is 4.79 Å². The molecule has 23 heavy (non-hydrogen) atoms. The molecule has 0 aliphatic rings. The van der Waals surface area contributed by atoms with E-state index in [1.54, 1.807) is 6.07 Å². The van der Waals surface area contributed by atoms with Gasteiger partial charge in [-0.2, -0.15) is 0 Å². The van der Waals surface area contributed by atoms with E-state index >= 15 is 0 Å². The largest absolute Gasteiger partial charge is 0.394 e. The summed E-state index contributed by atoms with van der Waals surface area (Å²) in [6.07, 6.45) is 0. The summed E-state index contributed by atoms with van der Waals surface area (Å²) in [5.74, 6) is -0.665. The van der Waals surface area contributed by atoms with Crippen molar-refractivity contribution in [1.29, 1.82) is 0 Å². The van der Waals surface area contributed by atoms with Crippen LogP contribution in [0.15, 0.2) is 48.5 Å². The van der Waals surface area contributed by atoms with Gasteiger partial charge in [-0.15, -0.1) is 0 Å². The van der Waals surface area contributed by atoms with E-state index in [1.807, 2.05) is 30.3 Å². The maximum absolute atomic E-state index is 12.4. The first kappa shape index (κ1) is 17.0. The Morgan fingerprint density at radius 2 is 1.87 bits per heavy atom. The van der Waals surface area contributed by atoms with Gasteiger partial charge in [-0.3, -0.25) is 9.59 Å². The zero-order valence-corrected chi connectivity index (χ0v) is 13.3. The first-order valence-corrected chi connectivity index (χ1v) is 7.43. The van der Waals surface area contributed by atoms with Gasteiger partial charge in [-0.25, -0.2) is 0 Å². The summed E-state index contributed by atoms with van der Waals surface area (Å²) in [4.78, 5) is 23.5. The molecule has 2 aromatic rings. The van der Waals surface area contributed by atoms with E-state index in [4.69, 9.17) is 11.6 Å². The predicted octanol–water partition coefficient (Wildman–Crippen LogP) is 2.76. The third kappa shape index (κ3) is 4.55. The lowest BCUT2D eigenvalue weighted by atomic mass is 10.1. The van der Waals surface area contributed by atoms with Gasteiger partial charge >= 0.3 is 0 Å². The third-order valence-corrected chi connectivity index (χ3v) is 3.55. The molecule has 2 aromatic carbocycles. The Bertz CT molecular complexity index is 704. The minimum Gasteiger partial charge on any atom is -0.394 e. The number of carbonyl (C=O) groups is 2. The Morgan fingerprint density at radius 1 is 1.17 bits per heavy atom. The van der Waals surface area contributed by atoms with Crippen LogP contribution in [0.1, 0.15) is 28.9 Å². The van der Waals surface area contributed by atoms with Gasteiger partial charge in [-0.05, 0) is 23.8 Å². The molecule has 6 heteroatoms. The average molecular weight is 333 g/mol. The molecule has 0 heterocycles. The smallest absolute Gasteiger partial charge is 0.253 e. The summed E-state index contributed by atoms with van der Waals surface area (Å²) in [5.41, 5.74) is 1.50. The van der Waals surface area contributed by atoms with Crippen molar-refractivity contribution in [3.8, 4) is 0 Å². The van der Waals surface area contributed by atoms with Crippen molar-refractivity contribution in [3.05, 3.63) is 64.7 Å². The minimum atomic E-state index is -0.538. The summed E-state index contributed by atoms with van der Waals surface area (Å²) in [7, 11) is 0. The van der Waals surface area contributed by atoms with Gasteiger partial charge < -0.3 is 15.7 Å². The number of aliphatic hydroxyl groups excluding tert-OH is 1. The topological polar surface area (TPSA) is 78.4 Å². The van der Waals surface area contributed by atoms with Crippen molar-refractivity contribution < 1.29 is 14.7 Å². The average Bonchev–Trinajstić information content (AvgIpc) is 2.54. The maximum atomic E-state index is 12.4. The maximum Gasteiger partial charge on any atom is 0.253 e. The van der Waals surface area contributed by atoms with Gasteiger partial charge in [0.15, 0.2) is 0 Å². The molecular formula is C17H17ClN2O3. The lowest BCUT2D eigenvalue weighted by Crippen LogP contribution is -2.31. The van der Waals surface area contributed by atoms with E-state index in [1.165, 1.54) is 19.1 Å². The molecule has 0 aliphatic carbocycles. The van der Waals surface area contributed by atoms with Gasteiger partial charge in [0.2, 0.25) is 5.91 Å². The van der Waals surface area contributed by atoms with Crippen LogP contribution >= 0.6 is 11.6 Å². The highest BCUT2D eigenvalue weighted by atomic mass is 35.5. The first-order chi connectivity index (χ1) is 11.0. The minimum absolute atomic E-state index is 0.229. The second kappa shape index (κ2) is 7.76. The number of amides is 2. The SMILES string of the molecule is CC(=O)Nc1ccc(Cl)c(C(=O)NC(CO)c2ccccc2)c1. The van der Waals surface area contributed by atoms with Crippen LogP contribution in [0.3, 0.4) is 0 Å². The zero-order valence-electron chi connectivity index (χ0n) is 12.5. The molecule has 3 N–H and O–H groups in total. The Hall–Kier alpha value is -2.37. The van der Waals surface area contributed by atoms with Gasteiger partial charge in [-0.1, -0.05) is 41.9 Å². The molecule has 2 amide bonds.